The fraction of sp³-hybridized carbons (Fsp3) is 0.500. The van der Waals surface area contributed by atoms with Crippen LogP contribution in [0.15, 0.2) is 22.7 Å². The van der Waals surface area contributed by atoms with Gasteiger partial charge in [0, 0.05) is 17.6 Å². The third-order valence-corrected chi connectivity index (χ3v) is 4.35. The molecule has 1 N–H and O–H groups in total. The monoisotopic (exact) mass is 381 g/mol. The number of ether oxygens (including phenoxy) is 1. The first kappa shape index (κ1) is 16.1. The van der Waals surface area contributed by atoms with Crippen LogP contribution < -0.4 is 10.2 Å². The van der Waals surface area contributed by atoms with Gasteiger partial charge >= 0.3 is 6.09 Å². The summed E-state index contributed by atoms with van der Waals surface area (Å²) in [5.41, 5.74) is 1.25. The number of anilines is 2. The summed E-state index contributed by atoms with van der Waals surface area (Å²) in [6.07, 6.45) is -0.369. The first-order valence-electron chi connectivity index (χ1n) is 7.59. The van der Waals surface area contributed by atoms with Crippen molar-refractivity contribution in [2.24, 2.45) is 0 Å². The number of carbonyl (C=O) groups is 2. The van der Waals surface area contributed by atoms with Crippen molar-refractivity contribution < 1.29 is 14.3 Å². The van der Waals surface area contributed by atoms with Crippen molar-refractivity contribution in [3.05, 3.63) is 22.7 Å². The van der Waals surface area contributed by atoms with Gasteiger partial charge < -0.3 is 19.9 Å². The topological polar surface area (TPSA) is 61.9 Å². The van der Waals surface area contributed by atoms with Gasteiger partial charge in [0.2, 0.25) is 5.91 Å². The maximum Gasteiger partial charge on any atom is 0.410 e. The second kappa shape index (κ2) is 5.70. The molecule has 2 amide bonds. The van der Waals surface area contributed by atoms with Crippen LogP contribution in [-0.4, -0.2) is 48.2 Å². The molecule has 2 heterocycles. The van der Waals surface area contributed by atoms with Crippen LogP contribution in [0.4, 0.5) is 16.2 Å². The highest BCUT2D eigenvalue weighted by atomic mass is 79.9. The molecule has 0 radical (unpaired) electrons. The lowest BCUT2D eigenvalue weighted by atomic mass is 10.1. The number of hydrogen-bond acceptors (Lipinski definition) is 4. The summed E-state index contributed by atoms with van der Waals surface area (Å²) in [5, 5.41) is 2.92. The van der Waals surface area contributed by atoms with E-state index in [9.17, 15) is 9.59 Å². The molecule has 0 spiro atoms. The van der Waals surface area contributed by atoms with Gasteiger partial charge in [0.05, 0.1) is 17.9 Å². The first-order chi connectivity index (χ1) is 10.7. The number of nitrogens with zero attached hydrogens (tertiary/aromatic N) is 2. The normalized spacial score (nSPS) is 20.5. The molecule has 3 rings (SSSR count). The number of fused-ring (bicyclic) bond motifs is 3. The highest BCUT2D eigenvalue weighted by Gasteiger charge is 2.39. The zero-order valence-corrected chi connectivity index (χ0v) is 15.0. The van der Waals surface area contributed by atoms with Gasteiger partial charge in [-0.1, -0.05) is 15.9 Å². The molecule has 1 saturated heterocycles. The number of carbonyl (C=O) groups excluding carboxylic acids is 2. The van der Waals surface area contributed by atoms with Gasteiger partial charge in [-0.05, 0) is 39.0 Å². The van der Waals surface area contributed by atoms with Crippen LogP contribution in [0.1, 0.15) is 20.8 Å². The molecule has 0 bridgehead atoms. The smallest absolute Gasteiger partial charge is 0.410 e. The Balaban J connectivity index is 1.79. The van der Waals surface area contributed by atoms with Crippen molar-refractivity contribution in [1.29, 1.82) is 0 Å². The number of rotatable bonds is 0. The number of halogens is 1. The van der Waals surface area contributed by atoms with E-state index in [0.29, 0.717) is 19.6 Å². The van der Waals surface area contributed by atoms with E-state index in [4.69, 9.17) is 4.74 Å². The number of amides is 2. The van der Waals surface area contributed by atoms with E-state index < -0.39 is 5.60 Å². The van der Waals surface area contributed by atoms with E-state index in [0.717, 1.165) is 15.8 Å². The van der Waals surface area contributed by atoms with Crippen molar-refractivity contribution in [2.75, 3.05) is 29.9 Å². The third-order valence-electron chi connectivity index (χ3n) is 3.86. The van der Waals surface area contributed by atoms with Crippen LogP contribution >= 0.6 is 15.9 Å². The minimum Gasteiger partial charge on any atom is -0.444 e. The Kier molecular flexibility index (Phi) is 4.00. The summed E-state index contributed by atoms with van der Waals surface area (Å²) in [4.78, 5) is 28.3. The summed E-state index contributed by atoms with van der Waals surface area (Å²) >= 11 is 3.42. The molecule has 23 heavy (non-hydrogen) atoms. The lowest BCUT2D eigenvalue weighted by Gasteiger charge is -2.45. The fourth-order valence-corrected chi connectivity index (χ4v) is 3.22. The molecule has 1 fully saturated rings. The molecule has 2 aliphatic heterocycles. The Morgan fingerprint density at radius 3 is 2.78 bits per heavy atom. The van der Waals surface area contributed by atoms with E-state index >= 15 is 0 Å². The van der Waals surface area contributed by atoms with Gasteiger partial charge in [0.25, 0.3) is 0 Å². The fourth-order valence-electron chi connectivity index (χ4n) is 2.86. The zero-order valence-electron chi connectivity index (χ0n) is 13.4. The summed E-state index contributed by atoms with van der Waals surface area (Å²) in [6.45, 7) is 6.98. The molecule has 1 aromatic rings. The molecule has 0 unspecified atom stereocenters. The molecule has 7 heteroatoms. The molecule has 1 aromatic carbocycles. The van der Waals surface area contributed by atoms with Crippen LogP contribution in [0.3, 0.4) is 0 Å². The van der Waals surface area contributed by atoms with Crippen molar-refractivity contribution in [3.8, 4) is 0 Å². The lowest BCUT2D eigenvalue weighted by Crippen LogP contribution is -2.61. The van der Waals surface area contributed by atoms with Crippen LogP contribution in [0.2, 0.25) is 0 Å². The zero-order chi connectivity index (χ0) is 16.8. The van der Waals surface area contributed by atoms with Crippen molar-refractivity contribution in [1.82, 2.24) is 4.90 Å². The molecule has 2 aliphatic rings. The van der Waals surface area contributed by atoms with Crippen LogP contribution in [0.5, 0.6) is 0 Å². The SMILES string of the molecule is CC(C)(C)OC(=O)N1CCN2c3ccc(Br)cc3NC(=O)[C@@H]2C1. The van der Waals surface area contributed by atoms with Crippen molar-refractivity contribution in [2.45, 2.75) is 32.4 Å². The van der Waals surface area contributed by atoms with Crippen LogP contribution in [-0.2, 0) is 9.53 Å². The molecule has 0 aliphatic carbocycles. The largest absolute Gasteiger partial charge is 0.444 e. The van der Waals surface area contributed by atoms with Gasteiger partial charge in [0.15, 0.2) is 0 Å². The number of piperazine rings is 1. The molecule has 124 valence electrons. The average Bonchev–Trinajstić information content (AvgIpc) is 2.45. The lowest BCUT2D eigenvalue weighted by molar-refractivity contribution is -0.118. The molecule has 6 nitrogen and oxygen atoms in total. The summed E-state index contributed by atoms with van der Waals surface area (Å²) in [7, 11) is 0. The van der Waals surface area contributed by atoms with Gasteiger partial charge in [-0.15, -0.1) is 0 Å². The Morgan fingerprint density at radius 1 is 1.35 bits per heavy atom. The Hall–Kier alpha value is -1.76. The standard InChI is InChI=1S/C16H20BrN3O3/c1-16(2,3)23-15(22)19-6-7-20-12-5-4-10(17)8-11(12)18-14(21)13(20)9-19/h4-5,8,13H,6-7,9H2,1-3H3,(H,18,21)/t13-/m0/s1. The van der Waals surface area contributed by atoms with Crippen molar-refractivity contribution in [3.63, 3.8) is 0 Å². The first-order valence-corrected chi connectivity index (χ1v) is 8.39. The van der Waals surface area contributed by atoms with Gasteiger partial charge in [-0.25, -0.2) is 4.79 Å². The minimum absolute atomic E-state index is 0.0936. The number of nitrogens with one attached hydrogen (secondary N) is 1. The van der Waals surface area contributed by atoms with Crippen LogP contribution in [0, 0.1) is 0 Å². The minimum atomic E-state index is -0.540. The molecular weight excluding hydrogens is 362 g/mol. The maximum atomic E-state index is 12.4. The predicted molar refractivity (Wildman–Crippen MR) is 91.7 cm³/mol. The molecule has 0 saturated carbocycles. The Morgan fingerprint density at radius 2 is 2.09 bits per heavy atom. The van der Waals surface area contributed by atoms with Gasteiger partial charge in [-0.3, -0.25) is 4.79 Å². The number of hydrogen-bond donors (Lipinski definition) is 1. The quantitative estimate of drug-likeness (QED) is 0.750. The van der Waals surface area contributed by atoms with E-state index in [1.54, 1.807) is 4.90 Å². The Labute approximate surface area is 143 Å². The highest BCUT2D eigenvalue weighted by molar-refractivity contribution is 9.10. The average molecular weight is 382 g/mol. The van der Waals surface area contributed by atoms with E-state index in [-0.39, 0.29) is 18.0 Å². The summed E-state index contributed by atoms with van der Waals surface area (Å²) < 4.78 is 6.33. The highest BCUT2D eigenvalue weighted by Crippen LogP contribution is 2.35. The second-order valence-corrected chi connectivity index (χ2v) is 7.70. The third kappa shape index (κ3) is 3.29. The van der Waals surface area contributed by atoms with Crippen molar-refractivity contribution >= 4 is 39.3 Å². The molecular formula is C16H20BrN3O3. The molecule has 0 aromatic heterocycles. The van der Waals surface area contributed by atoms with E-state index in [2.05, 4.69) is 26.1 Å². The van der Waals surface area contributed by atoms with E-state index in [1.807, 2.05) is 39.0 Å². The van der Waals surface area contributed by atoms with Gasteiger partial charge in [-0.2, -0.15) is 0 Å². The van der Waals surface area contributed by atoms with Gasteiger partial charge in [0.1, 0.15) is 11.6 Å². The summed E-state index contributed by atoms with van der Waals surface area (Å²) in [6, 6.07) is 5.44. The maximum absolute atomic E-state index is 12.4. The number of benzene rings is 1. The Bertz CT molecular complexity index is 656. The second-order valence-electron chi connectivity index (χ2n) is 6.79. The molecule has 1 atom stereocenters. The predicted octanol–water partition coefficient (Wildman–Crippen LogP) is 2.83. The van der Waals surface area contributed by atoms with Crippen LogP contribution in [0.25, 0.3) is 0 Å². The summed E-state index contributed by atoms with van der Waals surface area (Å²) in [5.74, 6) is -0.0936. The van der Waals surface area contributed by atoms with E-state index in [1.165, 1.54) is 0 Å².